The van der Waals surface area contributed by atoms with E-state index < -0.39 is 35.1 Å². The largest absolute Gasteiger partial charge is 0.490 e. The number of aliphatic carboxylic acids is 1. The van der Waals surface area contributed by atoms with E-state index in [4.69, 9.17) is 9.47 Å². The molecule has 6 nitrogen and oxygen atoms in total. The summed E-state index contributed by atoms with van der Waals surface area (Å²) < 4.78 is 50.3. The van der Waals surface area contributed by atoms with Gasteiger partial charge < -0.3 is 19.9 Å². The lowest BCUT2D eigenvalue weighted by molar-refractivity contribution is -0.142. The number of amides is 1. The van der Waals surface area contributed by atoms with Crippen molar-refractivity contribution < 1.29 is 37.3 Å². The van der Waals surface area contributed by atoms with Crippen LogP contribution in [0.4, 0.5) is 13.2 Å². The lowest BCUT2D eigenvalue weighted by atomic mass is 9.86. The van der Waals surface area contributed by atoms with E-state index in [2.05, 4.69) is 11.9 Å². The molecule has 0 aliphatic heterocycles. The molecule has 0 radical (unpaired) electrons. The van der Waals surface area contributed by atoms with E-state index in [0.717, 1.165) is 12.1 Å². The average molecular weight is 516 g/mol. The van der Waals surface area contributed by atoms with Crippen LogP contribution in [0.5, 0.6) is 11.5 Å². The average Bonchev–Trinajstić information content (AvgIpc) is 2.82. The standard InChI is InChI=1S/C28H28F3NO5/c1-5-14-36-20-11-13-21-18(15-20)8-12-22(25(33)32-24(26(34)35)27(2,3)4)23(21)37-16-17-6-9-19(10-7-17)28(29,30)31/h5-13,15,24H,1,14,16H2,2-4H3,(H,32,33)(H,34,35)/t24-/m1/s1. The molecule has 3 rings (SSSR count). The molecule has 0 fully saturated rings. The number of carbonyl (C=O) groups excluding carboxylic acids is 1. The Hall–Kier alpha value is -4.01. The zero-order valence-electron chi connectivity index (χ0n) is 20.7. The molecule has 0 saturated heterocycles. The molecule has 2 N–H and O–H groups in total. The molecule has 0 aliphatic rings. The van der Waals surface area contributed by atoms with Gasteiger partial charge in [0, 0.05) is 5.39 Å². The third-order valence-corrected chi connectivity index (χ3v) is 5.61. The summed E-state index contributed by atoms with van der Waals surface area (Å²) in [5.41, 5.74) is -0.998. The monoisotopic (exact) mass is 515 g/mol. The van der Waals surface area contributed by atoms with Crippen LogP contribution in [-0.4, -0.2) is 29.6 Å². The van der Waals surface area contributed by atoms with Crippen molar-refractivity contribution in [3.8, 4) is 11.5 Å². The van der Waals surface area contributed by atoms with E-state index in [1.54, 1.807) is 51.1 Å². The summed E-state index contributed by atoms with van der Waals surface area (Å²) in [4.78, 5) is 25.0. The van der Waals surface area contributed by atoms with Gasteiger partial charge in [-0.05, 0) is 52.8 Å². The second kappa shape index (κ2) is 10.9. The number of rotatable bonds is 9. The molecule has 3 aromatic carbocycles. The molecule has 1 amide bonds. The van der Waals surface area contributed by atoms with Gasteiger partial charge in [0.25, 0.3) is 5.91 Å². The molecule has 0 aromatic heterocycles. The minimum absolute atomic E-state index is 0.0923. The third-order valence-electron chi connectivity index (χ3n) is 5.61. The molecular weight excluding hydrogens is 487 g/mol. The van der Waals surface area contributed by atoms with Gasteiger partial charge in [-0.1, -0.05) is 51.6 Å². The van der Waals surface area contributed by atoms with Crippen LogP contribution in [0.2, 0.25) is 0 Å². The number of halogens is 3. The van der Waals surface area contributed by atoms with Crippen LogP contribution in [0.1, 0.15) is 42.3 Å². The Labute approximate surface area is 212 Å². The fourth-order valence-corrected chi connectivity index (χ4v) is 3.66. The van der Waals surface area contributed by atoms with Crippen molar-refractivity contribution in [1.29, 1.82) is 0 Å². The van der Waals surface area contributed by atoms with Gasteiger partial charge in [-0.25, -0.2) is 4.79 Å². The van der Waals surface area contributed by atoms with E-state index >= 15 is 0 Å². The maximum absolute atomic E-state index is 13.2. The Morgan fingerprint density at radius 3 is 2.27 bits per heavy atom. The van der Waals surface area contributed by atoms with Gasteiger partial charge in [-0.3, -0.25) is 4.79 Å². The molecule has 9 heteroatoms. The summed E-state index contributed by atoms with van der Waals surface area (Å²) >= 11 is 0. The third kappa shape index (κ3) is 6.81. The van der Waals surface area contributed by atoms with Crippen molar-refractivity contribution >= 4 is 22.6 Å². The first-order valence-electron chi connectivity index (χ1n) is 11.4. The summed E-state index contributed by atoms with van der Waals surface area (Å²) in [6.45, 7) is 8.88. The smallest absolute Gasteiger partial charge is 0.416 e. The molecule has 0 bridgehead atoms. The number of nitrogens with one attached hydrogen (secondary N) is 1. The highest BCUT2D eigenvalue weighted by Crippen LogP contribution is 2.34. The number of carboxylic acids is 1. The van der Waals surface area contributed by atoms with Gasteiger partial charge in [0.15, 0.2) is 0 Å². The van der Waals surface area contributed by atoms with Crippen molar-refractivity contribution in [2.75, 3.05) is 6.61 Å². The molecule has 0 heterocycles. The van der Waals surface area contributed by atoms with E-state index in [9.17, 15) is 27.9 Å². The Bertz CT molecular complexity index is 1290. The normalized spacial score (nSPS) is 12.6. The highest BCUT2D eigenvalue weighted by atomic mass is 19.4. The predicted molar refractivity (Wildman–Crippen MR) is 134 cm³/mol. The van der Waals surface area contributed by atoms with Crippen LogP contribution in [-0.2, 0) is 17.6 Å². The number of carboxylic acid groups (broad SMARTS) is 1. The second-order valence-electron chi connectivity index (χ2n) is 9.52. The SMILES string of the molecule is C=CCOc1ccc2c(OCc3ccc(C(F)(F)F)cc3)c(C(=O)N[C@H](C(=O)O)C(C)(C)C)ccc2c1. The molecule has 0 aliphatic carbocycles. The van der Waals surface area contributed by atoms with Gasteiger partial charge in [-0.2, -0.15) is 13.2 Å². The van der Waals surface area contributed by atoms with E-state index in [0.29, 0.717) is 28.7 Å². The lowest BCUT2D eigenvalue weighted by Gasteiger charge is -2.28. The van der Waals surface area contributed by atoms with Gasteiger partial charge in [0.05, 0.1) is 11.1 Å². The van der Waals surface area contributed by atoms with Crippen molar-refractivity contribution in [2.45, 2.75) is 39.6 Å². The summed E-state index contributed by atoms with van der Waals surface area (Å²) in [6.07, 6.45) is -2.86. The van der Waals surface area contributed by atoms with E-state index in [1.165, 1.54) is 18.2 Å². The second-order valence-corrected chi connectivity index (χ2v) is 9.52. The highest BCUT2D eigenvalue weighted by molar-refractivity contribution is 6.05. The number of hydrogen-bond acceptors (Lipinski definition) is 4. The molecule has 1 atom stereocenters. The van der Waals surface area contributed by atoms with Crippen LogP contribution in [0.3, 0.4) is 0 Å². The molecule has 0 saturated carbocycles. The van der Waals surface area contributed by atoms with Crippen molar-refractivity contribution in [2.24, 2.45) is 5.41 Å². The minimum Gasteiger partial charge on any atom is -0.490 e. The number of fused-ring (bicyclic) bond motifs is 1. The minimum atomic E-state index is -4.46. The molecule has 3 aromatic rings. The van der Waals surface area contributed by atoms with Crippen LogP contribution in [0.15, 0.2) is 67.3 Å². The van der Waals surface area contributed by atoms with E-state index in [-0.39, 0.29) is 17.9 Å². The van der Waals surface area contributed by atoms with Crippen molar-refractivity contribution in [1.82, 2.24) is 5.32 Å². The first-order valence-corrected chi connectivity index (χ1v) is 11.4. The summed E-state index contributed by atoms with van der Waals surface area (Å²) in [5.74, 6) is -1.10. The molecule has 0 spiro atoms. The number of benzene rings is 3. The Morgan fingerprint density at radius 2 is 1.70 bits per heavy atom. The predicted octanol–water partition coefficient (Wildman–Crippen LogP) is 6.23. The Morgan fingerprint density at radius 1 is 1.03 bits per heavy atom. The number of hydrogen-bond donors (Lipinski definition) is 2. The molecule has 0 unspecified atom stereocenters. The van der Waals surface area contributed by atoms with Gasteiger partial charge in [0.1, 0.15) is 30.8 Å². The molecule has 196 valence electrons. The number of alkyl halides is 3. The van der Waals surface area contributed by atoms with Crippen LogP contribution in [0.25, 0.3) is 10.8 Å². The molecule has 37 heavy (non-hydrogen) atoms. The summed E-state index contributed by atoms with van der Waals surface area (Å²) in [6, 6.07) is 11.7. The van der Waals surface area contributed by atoms with E-state index in [1.807, 2.05) is 0 Å². The van der Waals surface area contributed by atoms with Gasteiger partial charge >= 0.3 is 12.1 Å². The summed E-state index contributed by atoms with van der Waals surface area (Å²) in [5, 5.41) is 13.4. The zero-order valence-corrected chi connectivity index (χ0v) is 20.7. The lowest BCUT2D eigenvalue weighted by Crippen LogP contribution is -2.49. The van der Waals surface area contributed by atoms with Gasteiger partial charge in [-0.15, -0.1) is 0 Å². The zero-order chi connectivity index (χ0) is 27.4. The fourth-order valence-electron chi connectivity index (χ4n) is 3.66. The number of ether oxygens (including phenoxy) is 2. The molecular formula is C28H28F3NO5. The maximum Gasteiger partial charge on any atom is 0.416 e. The van der Waals surface area contributed by atoms with Crippen LogP contribution in [0, 0.1) is 5.41 Å². The Kier molecular flexibility index (Phi) is 8.15. The Balaban J connectivity index is 2.00. The van der Waals surface area contributed by atoms with Gasteiger partial charge in [0.2, 0.25) is 0 Å². The topological polar surface area (TPSA) is 84.9 Å². The highest BCUT2D eigenvalue weighted by Gasteiger charge is 2.34. The van der Waals surface area contributed by atoms with Crippen molar-refractivity contribution in [3.05, 3.63) is 83.9 Å². The first-order chi connectivity index (χ1) is 17.3. The number of carbonyl (C=O) groups is 2. The van der Waals surface area contributed by atoms with Crippen molar-refractivity contribution in [3.63, 3.8) is 0 Å². The summed E-state index contributed by atoms with van der Waals surface area (Å²) in [7, 11) is 0. The maximum atomic E-state index is 13.2. The quantitative estimate of drug-likeness (QED) is 0.330. The first kappa shape index (κ1) is 27.6. The van der Waals surface area contributed by atoms with Crippen LogP contribution < -0.4 is 14.8 Å². The fraction of sp³-hybridized carbons (Fsp3) is 0.286. The van der Waals surface area contributed by atoms with Crippen LogP contribution >= 0.6 is 0 Å².